The molecule has 15 heavy (non-hydrogen) atoms. The van der Waals surface area contributed by atoms with Crippen molar-refractivity contribution >= 4 is 5.84 Å². The topological polar surface area (TPSA) is 27.1 Å². The standard InChI is InChI=1S/C13H26N2/c1-13(2,3)12(14)15(4)11-9-7-5-6-8-10-11/h11,14H,5-10H2,1-4H3. The second-order valence-electron chi connectivity index (χ2n) is 5.85. The molecule has 2 nitrogen and oxygen atoms in total. The second kappa shape index (κ2) is 5.00. The molecule has 1 rings (SSSR count). The van der Waals surface area contributed by atoms with Crippen LogP contribution >= 0.6 is 0 Å². The Balaban J connectivity index is 2.58. The fourth-order valence-corrected chi connectivity index (χ4v) is 2.36. The van der Waals surface area contributed by atoms with Gasteiger partial charge in [-0.25, -0.2) is 0 Å². The lowest BCUT2D eigenvalue weighted by atomic mass is 9.92. The fourth-order valence-electron chi connectivity index (χ4n) is 2.36. The number of nitrogens with zero attached hydrogens (tertiary/aromatic N) is 1. The van der Waals surface area contributed by atoms with Gasteiger partial charge in [0.2, 0.25) is 0 Å². The van der Waals surface area contributed by atoms with Crippen molar-refractivity contribution in [3.8, 4) is 0 Å². The monoisotopic (exact) mass is 210 g/mol. The second-order valence-corrected chi connectivity index (χ2v) is 5.85. The Morgan fingerprint density at radius 1 is 1.07 bits per heavy atom. The molecular weight excluding hydrogens is 184 g/mol. The van der Waals surface area contributed by atoms with Gasteiger partial charge < -0.3 is 4.90 Å². The fraction of sp³-hybridized carbons (Fsp3) is 0.923. The Morgan fingerprint density at radius 2 is 1.53 bits per heavy atom. The average molecular weight is 210 g/mol. The summed E-state index contributed by atoms with van der Waals surface area (Å²) in [6, 6.07) is 0.610. The van der Waals surface area contributed by atoms with Crippen LogP contribution in [-0.4, -0.2) is 23.8 Å². The third-order valence-corrected chi connectivity index (χ3v) is 3.44. The SMILES string of the molecule is CN(C(=N)C(C)(C)C)C1CCCCCC1. The first-order valence-electron chi connectivity index (χ1n) is 6.25. The molecule has 88 valence electrons. The van der Waals surface area contributed by atoms with Crippen molar-refractivity contribution in [2.45, 2.75) is 65.3 Å². The van der Waals surface area contributed by atoms with Crippen LogP contribution in [0.2, 0.25) is 0 Å². The third-order valence-electron chi connectivity index (χ3n) is 3.44. The highest BCUT2D eigenvalue weighted by molar-refractivity contribution is 5.84. The van der Waals surface area contributed by atoms with E-state index in [0.29, 0.717) is 6.04 Å². The molecule has 0 aliphatic heterocycles. The summed E-state index contributed by atoms with van der Waals surface area (Å²) in [5.74, 6) is 0.786. The van der Waals surface area contributed by atoms with Crippen molar-refractivity contribution in [2.24, 2.45) is 5.41 Å². The first-order valence-corrected chi connectivity index (χ1v) is 6.25. The van der Waals surface area contributed by atoms with Gasteiger partial charge in [0.25, 0.3) is 0 Å². The lowest BCUT2D eigenvalue weighted by molar-refractivity contribution is 0.300. The van der Waals surface area contributed by atoms with E-state index >= 15 is 0 Å². The summed E-state index contributed by atoms with van der Waals surface area (Å²) in [6.45, 7) is 6.38. The molecule has 1 aliphatic rings. The van der Waals surface area contributed by atoms with Gasteiger partial charge in [-0.15, -0.1) is 0 Å². The van der Waals surface area contributed by atoms with Crippen molar-refractivity contribution in [3.05, 3.63) is 0 Å². The van der Waals surface area contributed by atoms with Gasteiger partial charge in [-0.05, 0) is 12.8 Å². The van der Waals surface area contributed by atoms with Crippen molar-refractivity contribution in [3.63, 3.8) is 0 Å². The number of nitrogens with one attached hydrogen (secondary N) is 1. The summed E-state index contributed by atoms with van der Waals surface area (Å²) in [7, 11) is 2.10. The lowest BCUT2D eigenvalue weighted by Gasteiger charge is -2.35. The van der Waals surface area contributed by atoms with Crippen molar-refractivity contribution < 1.29 is 0 Å². The molecule has 0 unspecified atom stereocenters. The predicted molar refractivity (Wildman–Crippen MR) is 66.4 cm³/mol. The Labute approximate surface area is 94.6 Å². The largest absolute Gasteiger partial charge is 0.360 e. The molecule has 0 aromatic carbocycles. The van der Waals surface area contributed by atoms with Gasteiger partial charge in [0.05, 0.1) is 0 Å². The zero-order valence-corrected chi connectivity index (χ0v) is 10.8. The molecule has 1 aliphatic carbocycles. The van der Waals surface area contributed by atoms with E-state index in [9.17, 15) is 0 Å². The van der Waals surface area contributed by atoms with Gasteiger partial charge in [0, 0.05) is 18.5 Å². The van der Waals surface area contributed by atoms with Crippen LogP contribution in [0.15, 0.2) is 0 Å². The van der Waals surface area contributed by atoms with Crippen LogP contribution in [0.25, 0.3) is 0 Å². The molecule has 0 aromatic heterocycles. The number of hydrogen-bond acceptors (Lipinski definition) is 1. The maximum atomic E-state index is 8.18. The first-order chi connectivity index (χ1) is 6.93. The Bertz CT molecular complexity index is 207. The smallest absolute Gasteiger partial charge is 0.101 e. The van der Waals surface area contributed by atoms with E-state index in [0.717, 1.165) is 5.84 Å². The zero-order valence-electron chi connectivity index (χ0n) is 10.8. The third kappa shape index (κ3) is 3.51. The van der Waals surface area contributed by atoms with Gasteiger partial charge in [-0.3, -0.25) is 5.41 Å². The van der Waals surface area contributed by atoms with E-state index in [4.69, 9.17) is 5.41 Å². The minimum atomic E-state index is -0.0128. The van der Waals surface area contributed by atoms with Crippen LogP contribution in [0, 0.1) is 10.8 Å². The number of amidine groups is 1. The molecule has 2 heteroatoms. The molecule has 0 spiro atoms. The molecule has 0 amide bonds. The van der Waals surface area contributed by atoms with Crippen molar-refractivity contribution in [1.82, 2.24) is 4.90 Å². The molecule has 0 aromatic rings. The van der Waals surface area contributed by atoms with Crippen LogP contribution in [0.3, 0.4) is 0 Å². The molecule has 1 fully saturated rings. The highest BCUT2D eigenvalue weighted by Crippen LogP contribution is 2.25. The van der Waals surface area contributed by atoms with E-state index in [1.807, 2.05) is 0 Å². The van der Waals surface area contributed by atoms with E-state index in [1.54, 1.807) is 0 Å². The van der Waals surface area contributed by atoms with Crippen LogP contribution in [0.4, 0.5) is 0 Å². The zero-order chi connectivity index (χ0) is 11.5. The molecule has 0 bridgehead atoms. The van der Waals surface area contributed by atoms with Gasteiger partial charge in [0.1, 0.15) is 5.84 Å². The van der Waals surface area contributed by atoms with Crippen LogP contribution in [0.5, 0.6) is 0 Å². The summed E-state index contributed by atoms with van der Waals surface area (Å²) >= 11 is 0. The van der Waals surface area contributed by atoms with E-state index in [-0.39, 0.29) is 5.41 Å². The molecule has 1 N–H and O–H groups in total. The summed E-state index contributed by atoms with van der Waals surface area (Å²) in [5.41, 5.74) is -0.0128. The summed E-state index contributed by atoms with van der Waals surface area (Å²) < 4.78 is 0. The average Bonchev–Trinajstić information content (AvgIpc) is 2.42. The highest BCUT2D eigenvalue weighted by Gasteiger charge is 2.26. The number of hydrogen-bond donors (Lipinski definition) is 1. The highest BCUT2D eigenvalue weighted by atomic mass is 15.2. The maximum Gasteiger partial charge on any atom is 0.101 e. The van der Waals surface area contributed by atoms with Crippen LogP contribution in [-0.2, 0) is 0 Å². The predicted octanol–water partition coefficient (Wildman–Crippen LogP) is 3.66. The Kier molecular flexibility index (Phi) is 4.18. The first kappa shape index (κ1) is 12.5. The van der Waals surface area contributed by atoms with Crippen LogP contribution in [0.1, 0.15) is 59.3 Å². The van der Waals surface area contributed by atoms with Gasteiger partial charge >= 0.3 is 0 Å². The van der Waals surface area contributed by atoms with Gasteiger partial charge in [-0.1, -0.05) is 46.5 Å². The van der Waals surface area contributed by atoms with Crippen molar-refractivity contribution in [2.75, 3.05) is 7.05 Å². The van der Waals surface area contributed by atoms with Crippen molar-refractivity contribution in [1.29, 1.82) is 5.41 Å². The minimum absolute atomic E-state index is 0.0128. The molecule has 0 atom stereocenters. The summed E-state index contributed by atoms with van der Waals surface area (Å²) in [5, 5.41) is 8.18. The Morgan fingerprint density at radius 3 is 1.93 bits per heavy atom. The van der Waals surface area contributed by atoms with Gasteiger partial charge in [0.15, 0.2) is 0 Å². The Hall–Kier alpha value is -0.530. The summed E-state index contributed by atoms with van der Waals surface area (Å²) in [4.78, 5) is 2.21. The minimum Gasteiger partial charge on any atom is -0.360 e. The van der Waals surface area contributed by atoms with E-state index in [1.165, 1.54) is 38.5 Å². The normalized spacial score (nSPS) is 19.7. The van der Waals surface area contributed by atoms with E-state index < -0.39 is 0 Å². The quantitative estimate of drug-likeness (QED) is 0.399. The van der Waals surface area contributed by atoms with Crippen LogP contribution < -0.4 is 0 Å². The maximum absolute atomic E-state index is 8.18. The molecule has 0 saturated heterocycles. The molecule has 0 radical (unpaired) electrons. The molecule has 1 saturated carbocycles. The molecule has 0 heterocycles. The van der Waals surface area contributed by atoms with Gasteiger partial charge in [-0.2, -0.15) is 0 Å². The number of rotatable bonds is 1. The lowest BCUT2D eigenvalue weighted by Crippen LogP contribution is -2.42. The molecular formula is C13H26N2. The van der Waals surface area contributed by atoms with E-state index in [2.05, 4.69) is 32.7 Å². The summed E-state index contributed by atoms with van der Waals surface area (Å²) in [6.07, 6.45) is 7.99.